The molecular formula is C16H20N4O4S2. The van der Waals surface area contributed by atoms with Crippen molar-refractivity contribution >= 4 is 27.7 Å². The summed E-state index contributed by atoms with van der Waals surface area (Å²) in [5.41, 5.74) is 5.68. The number of carbonyl (C=O) groups excluding carboxylic acids is 1. The molecule has 8 nitrogen and oxygen atoms in total. The smallest absolute Gasteiger partial charge is 0.277 e. The molecule has 26 heavy (non-hydrogen) atoms. The number of carbonyl (C=O) groups is 1. The second-order valence-electron chi connectivity index (χ2n) is 6.24. The van der Waals surface area contributed by atoms with Crippen molar-refractivity contribution in [3.05, 3.63) is 24.3 Å². The van der Waals surface area contributed by atoms with E-state index in [1.165, 1.54) is 4.31 Å². The molecular weight excluding hydrogens is 376 g/mol. The number of rotatable bonds is 6. The van der Waals surface area contributed by atoms with Crippen LogP contribution in [-0.2, 0) is 14.8 Å². The van der Waals surface area contributed by atoms with E-state index in [2.05, 4.69) is 17.1 Å². The van der Waals surface area contributed by atoms with Gasteiger partial charge in [-0.05, 0) is 43.0 Å². The number of hydrogen-bond donors (Lipinski definition) is 1. The molecule has 0 bridgehead atoms. The van der Waals surface area contributed by atoms with Crippen LogP contribution in [0.1, 0.15) is 19.8 Å². The van der Waals surface area contributed by atoms with E-state index in [1.54, 1.807) is 24.3 Å². The summed E-state index contributed by atoms with van der Waals surface area (Å²) in [6.07, 6.45) is 1.76. The third-order valence-electron chi connectivity index (χ3n) is 4.23. The highest BCUT2D eigenvalue weighted by molar-refractivity contribution is 7.99. The van der Waals surface area contributed by atoms with E-state index in [-0.39, 0.29) is 21.8 Å². The lowest BCUT2D eigenvalue weighted by atomic mass is 10.0. The van der Waals surface area contributed by atoms with Gasteiger partial charge in [0.05, 0.1) is 10.6 Å². The quantitative estimate of drug-likeness (QED) is 0.738. The highest BCUT2D eigenvalue weighted by Gasteiger charge is 2.28. The Bertz CT molecular complexity index is 872. The lowest BCUT2D eigenvalue weighted by Crippen LogP contribution is -2.37. The van der Waals surface area contributed by atoms with Crippen molar-refractivity contribution in [1.82, 2.24) is 14.5 Å². The predicted molar refractivity (Wildman–Crippen MR) is 96.8 cm³/mol. The molecule has 2 aromatic rings. The van der Waals surface area contributed by atoms with Gasteiger partial charge in [0.2, 0.25) is 21.8 Å². The van der Waals surface area contributed by atoms with Crippen LogP contribution in [0.4, 0.5) is 0 Å². The molecule has 1 aliphatic heterocycles. The first-order valence-electron chi connectivity index (χ1n) is 8.21. The van der Waals surface area contributed by atoms with Gasteiger partial charge in [-0.1, -0.05) is 18.7 Å². The largest absolute Gasteiger partial charge is 0.411 e. The standard InChI is InChI=1S/C16H20N4O4S2/c1-11-6-8-20(9-7-11)26(22,23)13-4-2-12(3-5-13)15-18-19-16(24-15)25-10-14(17)21/h2-5,11H,6-10H2,1H3,(H2,17,21). The molecule has 10 heteroatoms. The number of benzene rings is 1. The van der Waals surface area contributed by atoms with Gasteiger partial charge in [-0.2, -0.15) is 4.31 Å². The highest BCUT2D eigenvalue weighted by Crippen LogP contribution is 2.27. The molecule has 1 amide bonds. The molecule has 1 saturated heterocycles. The fourth-order valence-corrected chi connectivity index (χ4v) is 4.63. The zero-order valence-corrected chi connectivity index (χ0v) is 15.9. The first kappa shape index (κ1) is 18.9. The highest BCUT2D eigenvalue weighted by atomic mass is 32.2. The van der Waals surface area contributed by atoms with Gasteiger partial charge in [-0.25, -0.2) is 8.42 Å². The van der Waals surface area contributed by atoms with E-state index in [0.717, 1.165) is 24.6 Å². The maximum atomic E-state index is 12.7. The molecule has 0 saturated carbocycles. The van der Waals surface area contributed by atoms with Crippen LogP contribution < -0.4 is 5.73 Å². The number of sulfonamides is 1. The number of amides is 1. The summed E-state index contributed by atoms with van der Waals surface area (Å²) in [4.78, 5) is 11.0. The molecule has 0 atom stereocenters. The number of hydrogen-bond acceptors (Lipinski definition) is 7. The number of thioether (sulfide) groups is 1. The maximum Gasteiger partial charge on any atom is 0.277 e. The van der Waals surface area contributed by atoms with Crippen LogP contribution in [0.2, 0.25) is 0 Å². The summed E-state index contributed by atoms with van der Waals surface area (Å²) in [7, 11) is -3.49. The van der Waals surface area contributed by atoms with Crippen LogP contribution in [0, 0.1) is 5.92 Å². The Labute approximate surface area is 156 Å². The van der Waals surface area contributed by atoms with Gasteiger partial charge in [0.15, 0.2) is 0 Å². The van der Waals surface area contributed by atoms with Crippen LogP contribution in [0.3, 0.4) is 0 Å². The number of nitrogens with two attached hydrogens (primary N) is 1. The lowest BCUT2D eigenvalue weighted by Gasteiger charge is -2.29. The molecule has 2 heterocycles. The van der Waals surface area contributed by atoms with Crippen molar-refractivity contribution < 1.29 is 17.6 Å². The molecule has 140 valence electrons. The minimum absolute atomic E-state index is 0.0489. The van der Waals surface area contributed by atoms with Gasteiger partial charge in [0, 0.05) is 18.7 Å². The van der Waals surface area contributed by atoms with Crippen molar-refractivity contribution in [2.24, 2.45) is 11.7 Å². The molecule has 1 fully saturated rings. The third kappa shape index (κ3) is 4.25. The molecule has 1 aliphatic rings. The molecule has 1 aromatic heterocycles. The second kappa shape index (κ2) is 7.77. The van der Waals surface area contributed by atoms with Crippen molar-refractivity contribution in [3.63, 3.8) is 0 Å². The number of primary amides is 1. The molecule has 0 unspecified atom stereocenters. The Morgan fingerprint density at radius 1 is 1.27 bits per heavy atom. The van der Waals surface area contributed by atoms with Gasteiger partial charge in [-0.3, -0.25) is 4.79 Å². The molecule has 3 rings (SSSR count). The maximum absolute atomic E-state index is 12.7. The van der Waals surface area contributed by atoms with Crippen LogP contribution in [-0.4, -0.2) is 47.7 Å². The zero-order chi connectivity index (χ0) is 18.7. The summed E-state index contributed by atoms with van der Waals surface area (Å²) >= 11 is 1.05. The van der Waals surface area contributed by atoms with Crippen molar-refractivity contribution in [2.45, 2.75) is 29.9 Å². The van der Waals surface area contributed by atoms with E-state index < -0.39 is 15.9 Å². The summed E-state index contributed by atoms with van der Waals surface area (Å²) in [5, 5.41) is 7.97. The van der Waals surface area contributed by atoms with Gasteiger partial charge in [0.25, 0.3) is 5.22 Å². The van der Waals surface area contributed by atoms with Crippen molar-refractivity contribution in [2.75, 3.05) is 18.8 Å². The molecule has 0 aliphatic carbocycles. The van der Waals surface area contributed by atoms with Crippen LogP contribution in [0.25, 0.3) is 11.5 Å². The van der Waals surface area contributed by atoms with Crippen LogP contribution >= 0.6 is 11.8 Å². The van der Waals surface area contributed by atoms with E-state index >= 15 is 0 Å². The third-order valence-corrected chi connectivity index (χ3v) is 6.98. The minimum atomic E-state index is -3.49. The monoisotopic (exact) mass is 396 g/mol. The Hall–Kier alpha value is -1.91. The Balaban J connectivity index is 1.73. The van der Waals surface area contributed by atoms with Crippen molar-refractivity contribution in [3.8, 4) is 11.5 Å². The predicted octanol–water partition coefficient (Wildman–Crippen LogP) is 1.73. The van der Waals surface area contributed by atoms with Gasteiger partial charge in [-0.15, -0.1) is 10.2 Å². The average molecular weight is 396 g/mol. The number of piperidine rings is 1. The fraction of sp³-hybridized carbons (Fsp3) is 0.438. The molecule has 2 N–H and O–H groups in total. The fourth-order valence-electron chi connectivity index (χ4n) is 2.66. The summed E-state index contributed by atoms with van der Waals surface area (Å²) < 4.78 is 32.4. The normalized spacial score (nSPS) is 16.7. The van der Waals surface area contributed by atoms with Gasteiger partial charge < -0.3 is 10.2 Å². The zero-order valence-electron chi connectivity index (χ0n) is 14.3. The SMILES string of the molecule is CC1CCN(S(=O)(=O)c2ccc(-c3nnc(SCC(N)=O)o3)cc2)CC1. The first-order valence-corrected chi connectivity index (χ1v) is 10.6. The topological polar surface area (TPSA) is 119 Å². The lowest BCUT2D eigenvalue weighted by molar-refractivity contribution is -0.115. The van der Waals surface area contributed by atoms with E-state index in [4.69, 9.17) is 10.2 Å². The molecule has 0 spiro atoms. The summed E-state index contributed by atoms with van der Waals surface area (Å²) in [5.74, 6) is 0.389. The Morgan fingerprint density at radius 3 is 2.54 bits per heavy atom. The van der Waals surface area contributed by atoms with E-state index in [0.29, 0.717) is 24.6 Å². The van der Waals surface area contributed by atoms with Crippen molar-refractivity contribution in [1.29, 1.82) is 0 Å². The number of nitrogens with zero attached hydrogens (tertiary/aromatic N) is 3. The minimum Gasteiger partial charge on any atom is -0.411 e. The molecule has 1 aromatic carbocycles. The first-order chi connectivity index (χ1) is 12.4. The molecule has 0 radical (unpaired) electrons. The van der Waals surface area contributed by atoms with E-state index in [9.17, 15) is 13.2 Å². The number of aromatic nitrogens is 2. The van der Waals surface area contributed by atoms with Gasteiger partial charge in [0.1, 0.15) is 0 Å². The Kier molecular flexibility index (Phi) is 5.64. The summed E-state index contributed by atoms with van der Waals surface area (Å²) in [6.45, 7) is 3.24. The summed E-state index contributed by atoms with van der Waals surface area (Å²) in [6, 6.07) is 6.36. The van der Waals surface area contributed by atoms with Gasteiger partial charge >= 0.3 is 0 Å². The second-order valence-corrected chi connectivity index (χ2v) is 9.10. The van der Waals surface area contributed by atoms with Crippen LogP contribution in [0.15, 0.2) is 38.8 Å². The average Bonchev–Trinajstić information content (AvgIpc) is 3.09. The van der Waals surface area contributed by atoms with E-state index in [1.807, 2.05) is 0 Å². The van der Waals surface area contributed by atoms with Crippen LogP contribution in [0.5, 0.6) is 0 Å². The Morgan fingerprint density at radius 2 is 1.92 bits per heavy atom.